The Hall–Kier alpha value is -0.120. The Balaban J connectivity index is 2.83. The van der Waals surface area contributed by atoms with Crippen LogP contribution in [-0.4, -0.2) is 36.5 Å². The Labute approximate surface area is 100 Å². The quantitative estimate of drug-likeness (QED) is 0.425. The molecule has 0 aromatic carbocycles. The second kappa shape index (κ2) is 14.9. The number of rotatable bonds is 13. The van der Waals surface area contributed by atoms with Crippen LogP contribution in [0.2, 0.25) is 0 Å². The maximum absolute atomic E-state index is 8.60. The van der Waals surface area contributed by atoms with E-state index in [1.807, 2.05) is 0 Å². The first-order valence-electron chi connectivity index (χ1n) is 6.84. The molecule has 0 bridgehead atoms. The summed E-state index contributed by atoms with van der Waals surface area (Å²) >= 11 is 0. The molecule has 0 aliphatic rings. The highest BCUT2D eigenvalue weighted by Gasteiger charge is 1.91. The van der Waals surface area contributed by atoms with Crippen LogP contribution in [0.25, 0.3) is 0 Å². The maximum atomic E-state index is 8.60. The molecule has 3 heteroatoms. The van der Waals surface area contributed by atoms with Crippen molar-refractivity contribution in [1.29, 1.82) is 0 Å². The number of aliphatic hydroxyl groups excluding tert-OH is 2. The Morgan fingerprint density at radius 2 is 0.875 bits per heavy atom. The molecule has 0 aliphatic heterocycles. The van der Waals surface area contributed by atoms with E-state index in [0.717, 1.165) is 38.8 Å². The highest BCUT2D eigenvalue weighted by Crippen LogP contribution is 2.02. The highest BCUT2D eigenvalue weighted by atomic mass is 16.3. The third kappa shape index (κ3) is 13.9. The monoisotopic (exact) mass is 231 g/mol. The smallest absolute Gasteiger partial charge is 0.0431 e. The fourth-order valence-corrected chi connectivity index (χ4v) is 1.73. The summed E-state index contributed by atoms with van der Waals surface area (Å²) in [6.45, 7) is 2.91. The minimum absolute atomic E-state index is 0.335. The summed E-state index contributed by atoms with van der Waals surface area (Å²) in [5.41, 5.74) is 0. The van der Waals surface area contributed by atoms with E-state index in [1.165, 1.54) is 32.1 Å². The van der Waals surface area contributed by atoms with Gasteiger partial charge in [0, 0.05) is 13.2 Å². The summed E-state index contributed by atoms with van der Waals surface area (Å²) in [6, 6.07) is 0. The molecule has 0 aromatic rings. The molecule has 16 heavy (non-hydrogen) atoms. The predicted molar refractivity (Wildman–Crippen MR) is 68.6 cm³/mol. The van der Waals surface area contributed by atoms with Gasteiger partial charge in [-0.3, -0.25) is 0 Å². The molecule has 0 amide bonds. The summed E-state index contributed by atoms with van der Waals surface area (Å²) in [5.74, 6) is 0. The van der Waals surface area contributed by atoms with E-state index in [1.54, 1.807) is 0 Å². The molecule has 0 saturated heterocycles. The lowest BCUT2D eigenvalue weighted by molar-refractivity contribution is 0.281. The molecular weight excluding hydrogens is 202 g/mol. The Morgan fingerprint density at radius 3 is 1.31 bits per heavy atom. The van der Waals surface area contributed by atoms with Crippen molar-refractivity contribution in [3.05, 3.63) is 0 Å². The largest absolute Gasteiger partial charge is 0.396 e. The molecule has 0 radical (unpaired) electrons. The van der Waals surface area contributed by atoms with E-state index in [2.05, 4.69) is 5.32 Å². The van der Waals surface area contributed by atoms with Crippen molar-refractivity contribution >= 4 is 0 Å². The minimum Gasteiger partial charge on any atom is -0.396 e. The van der Waals surface area contributed by atoms with Gasteiger partial charge in [-0.15, -0.1) is 0 Å². The average molecular weight is 231 g/mol. The molecule has 0 heterocycles. The van der Waals surface area contributed by atoms with E-state index in [9.17, 15) is 0 Å². The van der Waals surface area contributed by atoms with Crippen LogP contribution in [-0.2, 0) is 0 Å². The maximum Gasteiger partial charge on any atom is 0.0431 e. The van der Waals surface area contributed by atoms with Crippen LogP contribution in [0.4, 0.5) is 0 Å². The Bertz CT molecular complexity index is 107. The zero-order valence-corrected chi connectivity index (χ0v) is 10.6. The summed E-state index contributed by atoms with van der Waals surface area (Å²) in [5, 5.41) is 20.6. The van der Waals surface area contributed by atoms with Crippen molar-refractivity contribution in [3.8, 4) is 0 Å². The standard InChI is InChI=1S/C13H29NO2/c15-12-8-4-1-2-6-10-14-11-7-3-5-9-13-16/h14-16H,1-13H2. The van der Waals surface area contributed by atoms with Crippen molar-refractivity contribution in [1.82, 2.24) is 5.32 Å². The fraction of sp³-hybridized carbons (Fsp3) is 1.00. The molecule has 0 aromatic heterocycles. The number of hydrogen-bond donors (Lipinski definition) is 3. The van der Waals surface area contributed by atoms with Gasteiger partial charge in [0.05, 0.1) is 0 Å². The third-order valence-corrected chi connectivity index (χ3v) is 2.77. The van der Waals surface area contributed by atoms with Gasteiger partial charge in [0.25, 0.3) is 0 Å². The normalized spacial score (nSPS) is 10.9. The van der Waals surface area contributed by atoms with Crippen molar-refractivity contribution < 1.29 is 10.2 Å². The van der Waals surface area contributed by atoms with E-state index in [0.29, 0.717) is 13.2 Å². The van der Waals surface area contributed by atoms with Gasteiger partial charge >= 0.3 is 0 Å². The van der Waals surface area contributed by atoms with E-state index in [-0.39, 0.29) is 0 Å². The lowest BCUT2D eigenvalue weighted by Crippen LogP contribution is -2.16. The van der Waals surface area contributed by atoms with Crippen LogP contribution in [0.1, 0.15) is 57.8 Å². The second-order valence-electron chi connectivity index (χ2n) is 4.38. The van der Waals surface area contributed by atoms with Crippen LogP contribution in [0.15, 0.2) is 0 Å². The topological polar surface area (TPSA) is 52.5 Å². The second-order valence-corrected chi connectivity index (χ2v) is 4.38. The van der Waals surface area contributed by atoms with Crippen LogP contribution < -0.4 is 5.32 Å². The molecule has 0 spiro atoms. The van der Waals surface area contributed by atoms with Crippen molar-refractivity contribution in [3.63, 3.8) is 0 Å². The van der Waals surface area contributed by atoms with Crippen molar-refractivity contribution in [2.45, 2.75) is 57.8 Å². The number of aliphatic hydroxyl groups is 2. The third-order valence-electron chi connectivity index (χ3n) is 2.77. The molecule has 3 N–H and O–H groups in total. The Morgan fingerprint density at radius 1 is 0.500 bits per heavy atom. The summed E-state index contributed by atoms with van der Waals surface area (Å²) < 4.78 is 0. The molecule has 0 aliphatic carbocycles. The zero-order chi connectivity index (χ0) is 11.9. The minimum atomic E-state index is 0.335. The average Bonchev–Trinajstić information content (AvgIpc) is 2.31. The first-order valence-corrected chi connectivity index (χ1v) is 6.84. The molecule has 0 atom stereocenters. The van der Waals surface area contributed by atoms with Crippen LogP contribution in [0, 0.1) is 0 Å². The summed E-state index contributed by atoms with van der Waals surface area (Å²) in [4.78, 5) is 0. The molecule has 0 unspecified atom stereocenters. The van der Waals surface area contributed by atoms with E-state index in [4.69, 9.17) is 10.2 Å². The van der Waals surface area contributed by atoms with Gasteiger partial charge in [-0.25, -0.2) is 0 Å². The van der Waals surface area contributed by atoms with Crippen LogP contribution >= 0.6 is 0 Å². The summed E-state index contributed by atoms with van der Waals surface area (Å²) in [7, 11) is 0. The van der Waals surface area contributed by atoms with Crippen molar-refractivity contribution in [2.75, 3.05) is 26.3 Å². The zero-order valence-electron chi connectivity index (χ0n) is 10.6. The lowest BCUT2D eigenvalue weighted by Gasteiger charge is -2.04. The molecule has 0 fully saturated rings. The number of hydrogen-bond acceptors (Lipinski definition) is 3. The van der Waals surface area contributed by atoms with Crippen molar-refractivity contribution in [2.24, 2.45) is 0 Å². The molecule has 3 nitrogen and oxygen atoms in total. The first kappa shape index (κ1) is 15.9. The first-order chi connectivity index (χ1) is 7.91. The van der Waals surface area contributed by atoms with E-state index >= 15 is 0 Å². The van der Waals surface area contributed by atoms with E-state index < -0.39 is 0 Å². The molecule has 0 rings (SSSR count). The van der Waals surface area contributed by atoms with Crippen LogP contribution in [0.3, 0.4) is 0 Å². The van der Waals surface area contributed by atoms with Gasteiger partial charge in [-0.1, -0.05) is 32.1 Å². The van der Waals surface area contributed by atoms with Gasteiger partial charge in [0.15, 0.2) is 0 Å². The highest BCUT2D eigenvalue weighted by molar-refractivity contribution is 4.51. The van der Waals surface area contributed by atoms with Gasteiger partial charge in [-0.2, -0.15) is 0 Å². The lowest BCUT2D eigenvalue weighted by atomic mass is 10.1. The van der Waals surface area contributed by atoms with Gasteiger partial charge in [-0.05, 0) is 38.8 Å². The van der Waals surface area contributed by atoms with Gasteiger partial charge in [0.1, 0.15) is 0 Å². The predicted octanol–water partition coefficient (Wildman–Crippen LogP) is 2.07. The molecule has 0 saturated carbocycles. The molecule has 98 valence electrons. The number of unbranched alkanes of at least 4 members (excludes halogenated alkanes) is 7. The van der Waals surface area contributed by atoms with Gasteiger partial charge in [0.2, 0.25) is 0 Å². The SMILES string of the molecule is OCCCCCCCNCCCCCCO. The summed E-state index contributed by atoms with van der Waals surface area (Å²) in [6.07, 6.45) is 10.5. The Kier molecular flexibility index (Phi) is 14.8. The number of nitrogens with one attached hydrogen (secondary N) is 1. The van der Waals surface area contributed by atoms with Gasteiger partial charge < -0.3 is 15.5 Å². The van der Waals surface area contributed by atoms with Crippen LogP contribution in [0.5, 0.6) is 0 Å². The molecular formula is C13H29NO2. The fourth-order valence-electron chi connectivity index (χ4n) is 1.73.